The third kappa shape index (κ3) is 4.36. The van der Waals surface area contributed by atoms with Gasteiger partial charge in [-0.15, -0.1) is 4.91 Å². The molecule has 3 aliphatic rings. The van der Waals surface area contributed by atoms with Gasteiger partial charge in [0.2, 0.25) is 5.78 Å². The molecular formula is C33H38N4O7. The van der Waals surface area contributed by atoms with Gasteiger partial charge >= 0.3 is 0 Å². The number of amides is 1. The summed E-state index contributed by atoms with van der Waals surface area (Å²) >= 11 is 0. The highest BCUT2D eigenvalue weighted by Gasteiger charge is 2.64. The van der Waals surface area contributed by atoms with Gasteiger partial charge in [0.25, 0.3) is 5.91 Å². The first-order chi connectivity index (χ1) is 20.5. The number of benzene rings is 2. The van der Waals surface area contributed by atoms with Gasteiger partial charge in [0.1, 0.15) is 22.8 Å². The molecule has 1 amide bonds. The van der Waals surface area contributed by atoms with Crippen molar-refractivity contribution in [3.05, 3.63) is 68.8 Å². The van der Waals surface area contributed by atoms with E-state index in [4.69, 9.17) is 5.73 Å². The molecule has 3 aliphatic carbocycles. The van der Waals surface area contributed by atoms with Crippen LogP contribution in [-0.2, 0) is 26.2 Å². The predicted octanol–water partition coefficient (Wildman–Crippen LogP) is 3.69. The summed E-state index contributed by atoms with van der Waals surface area (Å²) in [6, 6.07) is 8.36. The zero-order valence-corrected chi connectivity index (χ0v) is 25.9. The number of fused-ring (bicyclic) bond motifs is 3. The molecule has 44 heavy (non-hydrogen) atoms. The number of Topliss-reactive ketones (excluding diaryl/α,β-unsaturated/α-hetero) is 2. The van der Waals surface area contributed by atoms with Gasteiger partial charge in [-0.3, -0.25) is 19.3 Å². The van der Waals surface area contributed by atoms with Gasteiger partial charge in [-0.1, -0.05) is 45.0 Å². The first kappa shape index (κ1) is 31.1. The second-order valence-electron chi connectivity index (χ2n) is 13.4. The molecule has 11 nitrogen and oxygen atoms in total. The van der Waals surface area contributed by atoms with Crippen LogP contribution in [0.1, 0.15) is 43.9 Å². The Morgan fingerprint density at radius 1 is 1.07 bits per heavy atom. The Labute approximate surface area is 255 Å². The molecule has 0 aliphatic heterocycles. The van der Waals surface area contributed by atoms with Crippen LogP contribution in [-0.4, -0.2) is 77.5 Å². The summed E-state index contributed by atoms with van der Waals surface area (Å²) in [7, 11) is 6.78. The van der Waals surface area contributed by atoms with E-state index in [2.05, 4.69) is 25.9 Å². The minimum absolute atomic E-state index is 0.0124. The van der Waals surface area contributed by atoms with E-state index in [1.165, 1.54) is 4.90 Å². The molecule has 232 valence electrons. The van der Waals surface area contributed by atoms with E-state index in [-0.39, 0.29) is 35.1 Å². The van der Waals surface area contributed by atoms with Gasteiger partial charge in [0, 0.05) is 36.8 Å². The average Bonchev–Trinajstić information content (AvgIpc) is 2.93. The largest absolute Gasteiger partial charge is 0.508 e. The summed E-state index contributed by atoms with van der Waals surface area (Å²) in [5.41, 5.74) is 5.05. The van der Waals surface area contributed by atoms with Gasteiger partial charge < -0.3 is 26.0 Å². The van der Waals surface area contributed by atoms with Crippen molar-refractivity contribution in [2.45, 2.75) is 50.7 Å². The standard InChI is InChI=1S/C33H38N4O7/c1-32(2,3)17-10-8-15(9-11-17)18-14-21(36(4)5)19-12-16-13-20-26(37(6)7)28(39)24(31(34)42)30(41)33(20,43)29(40)22(16)27(38)23(19)25(18)35-44/h8-11,14,16,20,26,38,41,43H,12-13H2,1-7H3,(H2,34,42)/t16-,20-,26-,33-/m0/s1. The second-order valence-corrected chi connectivity index (χ2v) is 13.4. The van der Waals surface area contributed by atoms with Crippen molar-refractivity contribution in [1.82, 2.24) is 4.90 Å². The molecule has 0 spiro atoms. The highest BCUT2D eigenvalue weighted by Crippen LogP contribution is 2.55. The summed E-state index contributed by atoms with van der Waals surface area (Å²) in [4.78, 5) is 55.6. The minimum atomic E-state index is -2.70. The lowest BCUT2D eigenvalue weighted by molar-refractivity contribution is -0.153. The van der Waals surface area contributed by atoms with E-state index >= 15 is 0 Å². The summed E-state index contributed by atoms with van der Waals surface area (Å²) in [6.45, 7) is 6.27. The Kier molecular flexibility index (Phi) is 7.33. The molecule has 1 saturated carbocycles. The molecule has 5 N–H and O–H groups in total. The van der Waals surface area contributed by atoms with Crippen LogP contribution in [0.2, 0.25) is 0 Å². The number of nitroso groups, excluding NO2 is 1. The van der Waals surface area contributed by atoms with Crippen LogP contribution in [0.15, 0.2) is 52.4 Å². The maximum absolute atomic E-state index is 14.2. The summed E-state index contributed by atoms with van der Waals surface area (Å²) in [5.74, 6) is -6.60. The number of likely N-dealkylation sites (N-methyl/N-ethyl adjacent to an activating group) is 1. The van der Waals surface area contributed by atoms with Crippen LogP contribution in [0.25, 0.3) is 16.9 Å². The minimum Gasteiger partial charge on any atom is -0.508 e. The van der Waals surface area contributed by atoms with Crippen LogP contribution in [0.4, 0.5) is 11.4 Å². The number of hydrogen-bond donors (Lipinski definition) is 4. The zero-order valence-electron chi connectivity index (χ0n) is 25.9. The molecule has 2 aromatic carbocycles. The summed E-state index contributed by atoms with van der Waals surface area (Å²) in [6.07, 6.45) is 0.201. The van der Waals surface area contributed by atoms with Gasteiger partial charge in [-0.25, -0.2) is 0 Å². The van der Waals surface area contributed by atoms with E-state index in [9.17, 15) is 34.6 Å². The van der Waals surface area contributed by atoms with Crippen molar-refractivity contribution in [1.29, 1.82) is 0 Å². The summed E-state index contributed by atoms with van der Waals surface area (Å²) < 4.78 is 0. The number of primary amides is 1. The third-order valence-corrected chi connectivity index (χ3v) is 9.33. The van der Waals surface area contributed by atoms with E-state index in [0.717, 1.165) is 5.56 Å². The van der Waals surface area contributed by atoms with Crippen LogP contribution in [0.5, 0.6) is 0 Å². The number of ketones is 2. The van der Waals surface area contributed by atoms with Crippen LogP contribution in [0.3, 0.4) is 0 Å². The number of carbonyl (C=O) groups excluding carboxylic acids is 3. The number of hydrogen-bond acceptors (Lipinski definition) is 10. The molecule has 1 fully saturated rings. The van der Waals surface area contributed by atoms with E-state index < -0.39 is 58.0 Å². The van der Waals surface area contributed by atoms with E-state index in [1.807, 2.05) is 49.3 Å². The fraction of sp³-hybridized carbons (Fsp3) is 0.424. The molecule has 2 aromatic rings. The maximum Gasteiger partial charge on any atom is 0.255 e. The number of anilines is 1. The second kappa shape index (κ2) is 10.4. The Balaban J connectivity index is 1.77. The Bertz CT molecular complexity index is 1680. The number of rotatable bonds is 5. The molecule has 11 heteroatoms. The number of aliphatic hydroxyl groups is 3. The van der Waals surface area contributed by atoms with Crippen molar-refractivity contribution in [3.8, 4) is 11.1 Å². The van der Waals surface area contributed by atoms with Crippen molar-refractivity contribution in [2.75, 3.05) is 33.1 Å². The molecule has 0 saturated heterocycles. The Morgan fingerprint density at radius 3 is 2.18 bits per heavy atom. The first-order valence-electron chi connectivity index (χ1n) is 14.4. The van der Waals surface area contributed by atoms with Gasteiger partial charge in [0.05, 0.1) is 11.6 Å². The van der Waals surface area contributed by atoms with Crippen molar-refractivity contribution >= 4 is 34.6 Å². The monoisotopic (exact) mass is 602 g/mol. The highest BCUT2D eigenvalue weighted by atomic mass is 16.3. The third-order valence-electron chi connectivity index (χ3n) is 9.33. The highest BCUT2D eigenvalue weighted by molar-refractivity contribution is 6.24. The Morgan fingerprint density at radius 2 is 1.68 bits per heavy atom. The maximum atomic E-state index is 14.2. The predicted molar refractivity (Wildman–Crippen MR) is 166 cm³/mol. The molecular weight excluding hydrogens is 564 g/mol. The zero-order chi connectivity index (χ0) is 32.6. The number of nitrogens with two attached hydrogens (primary N) is 1. The molecule has 0 heterocycles. The molecule has 4 atom stereocenters. The fourth-order valence-corrected chi connectivity index (χ4v) is 7.16. The fourth-order valence-electron chi connectivity index (χ4n) is 7.16. The van der Waals surface area contributed by atoms with E-state index in [0.29, 0.717) is 22.4 Å². The lowest BCUT2D eigenvalue weighted by atomic mass is 9.57. The Hall–Kier alpha value is -4.35. The molecule has 0 unspecified atom stereocenters. The lowest BCUT2D eigenvalue weighted by Gasteiger charge is -2.50. The van der Waals surface area contributed by atoms with Crippen molar-refractivity contribution < 1.29 is 29.7 Å². The quantitative estimate of drug-likeness (QED) is 0.294. The molecule has 0 bridgehead atoms. The average molecular weight is 603 g/mol. The molecule has 0 aromatic heterocycles. The molecule has 0 radical (unpaired) electrons. The summed E-state index contributed by atoms with van der Waals surface area (Å²) in [5, 5.41) is 38.1. The number of aliphatic hydroxyl groups excluding tert-OH is 2. The van der Waals surface area contributed by atoms with E-state index in [1.54, 1.807) is 14.1 Å². The van der Waals surface area contributed by atoms with Crippen LogP contribution in [0, 0.1) is 16.7 Å². The van der Waals surface area contributed by atoms with Gasteiger partial charge in [0.15, 0.2) is 11.4 Å². The van der Waals surface area contributed by atoms with Gasteiger partial charge in [-0.05, 0) is 66.2 Å². The number of carbonyl (C=O) groups is 3. The van der Waals surface area contributed by atoms with Crippen LogP contribution < -0.4 is 10.6 Å². The van der Waals surface area contributed by atoms with Gasteiger partial charge in [-0.2, -0.15) is 0 Å². The topological polar surface area (TPSA) is 174 Å². The normalized spacial score (nSPS) is 25.1. The molecule has 5 rings (SSSR count). The van der Waals surface area contributed by atoms with Crippen LogP contribution >= 0.6 is 0 Å². The lowest BCUT2D eigenvalue weighted by Crippen LogP contribution is -2.65. The smallest absolute Gasteiger partial charge is 0.255 e. The van der Waals surface area contributed by atoms with Crippen molar-refractivity contribution in [2.24, 2.45) is 22.7 Å². The first-order valence-corrected chi connectivity index (χ1v) is 14.4. The number of nitrogens with zero attached hydrogens (tertiary/aromatic N) is 3. The van der Waals surface area contributed by atoms with Crippen molar-refractivity contribution in [3.63, 3.8) is 0 Å². The SMILES string of the molecule is CN(C)c1cc(-c2ccc(C(C)(C)C)cc2)c(N=O)c2c1C[C@H]1C[C@H]3[C@H](N(C)C)C(=O)C(C(N)=O)=C(O)[C@@]3(O)C(=O)C1=C2O.